The number of fused-ring (bicyclic) bond motifs is 4. The van der Waals surface area contributed by atoms with Crippen LogP contribution < -0.4 is 0 Å². The molecule has 2 aromatic heterocycles. The van der Waals surface area contributed by atoms with E-state index in [0.717, 1.165) is 37.7 Å². The van der Waals surface area contributed by atoms with Crippen LogP contribution in [0.25, 0.3) is 61.0 Å². The predicted molar refractivity (Wildman–Crippen MR) is 152 cm³/mol. The highest BCUT2D eigenvalue weighted by Gasteiger charge is 2.17. The predicted octanol–water partition coefficient (Wildman–Crippen LogP) is 8.82. The fraction of sp³-hybridized carbons (Fsp3) is 0. The van der Waals surface area contributed by atoms with Gasteiger partial charge in [-0.1, -0.05) is 107 Å². The lowest BCUT2D eigenvalue weighted by molar-refractivity contribution is 1.01. The first-order valence-corrected chi connectivity index (χ1v) is 12.7. The summed E-state index contributed by atoms with van der Waals surface area (Å²) < 4.78 is 3.22. The van der Waals surface area contributed by atoms with Gasteiger partial charge in [0.1, 0.15) is 0 Å². The summed E-state index contributed by atoms with van der Waals surface area (Å²) in [5.74, 6) is 0.671. The Morgan fingerprint density at radius 2 is 1.14 bits per heavy atom. The monoisotopic (exact) mass is 525 g/mol. The quantitative estimate of drug-likeness (QED) is 0.230. The average Bonchev–Trinajstić information content (AvgIpc) is 3.26. The van der Waals surface area contributed by atoms with Crippen molar-refractivity contribution in [3.63, 3.8) is 0 Å². The van der Waals surface area contributed by atoms with Gasteiger partial charge in [0.25, 0.3) is 0 Å². The van der Waals surface area contributed by atoms with E-state index in [2.05, 4.69) is 124 Å². The number of para-hydroxylation sites is 2. The third-order valence-electron chi connectivity index (χ3n) is 6.69. The van der Waals surface area contributed by atoms with Gasteiger partial charge in [-0.3, -0.25) is 4.57 Å². The van der Waals surface area contributed by atoms with Crippen LogP contribution in [0.5, 0.6) is 0 Å². The Balaban J connectivity index is 1.48. The van der Waals surface area contributed by atoms with E-state index in [9.17, 15) is 0 Å². The Morgan fingerprint density at radius 3 is 1.97 bits per heavy atom. The molecule has 0 saturated carbocycles. The minimum atomic E-state index is 0.671. The minimum absolute atomic E-state index is 0.671. The number of nitrogens with zero attached hydrogens (tertiary/aromatic N) is 3. The molecule has 0 spiro atoms. The Hall–Kier alpha value is -4.28. The van der Waals surface area contributed by atoms with Crippen LogP contribution in [-0.2, 0) is 0 Å². The van der Waals surface area contributed by atoms with Crippen LogP contribution in [-0.4, -0.2) is 14.5 Å². The maximum Gasteiger partial charge on any atom is 0.235 e. The molecule has 0 N–H and O–H groups in total. The van der Waals surface area contributed by atoms with Crippen LogP contribution in [0.3, 0.4) is 0 Å². The summed E-state index contributed by atoms with van der Waals surface area (Å²) in [6.07, 6.45) is 0. The lowest BCUT2D eigenvalue weighted by Crippen LogP contribution is -2.03. The van der Waals surface area contributed by atoms with Crippen LogP contribution >= 0.6 is 15.9 Å². The molecular formula is C32H20BrN3. The van der Waals surface area contributed by atoms with Gasteiger partial charge in [-0.15, -0.1) is 0 Å². The van der Waals surface area contributed by atoms with Crippen molar-refractivity contribution in [2.75, 3.05) is 0 Å². The van der Waals surface area contributed by atoms with Crippen molar-refractivity contribution in [1.82, 2.24) is 14.5 Å². The van der Waals surface area contributed by atoms with Crippen LogP contribution in [0.15, 0.2) is 126 Å². The maximum absolute atomic E-state index is 5.18. The van der Waals surface area contributed by atoms with Crippen LogP contribution in [0.4, 0.5) is 0 Å². The van der Waals surface area contributed by atoms with Crippen molar-refractivity contribution < 1.29 is 0 Å². The first-order chi connectivity index (χ1) is 17.8. The van der Waals surface area contributed by atoms with Crippen molar-refractivity contribution in [2.24, 2.45) is 0 Å². The van der Waals surface area contributed by atoms with Gasteiger partial charge in [0, 0.05) is 26.2 Å². The highest BCUT2D eigenvalue weighted by molar-refractivity contribution is 9.10. The molecule has 0 radical (unpaired) electrons. The molecule has 3 nitrogen and oxygen atoms in total. The molecule has 5 aromatic carbocycles. The fourth-order valence-corrected chi connectivity index (χ4v) is 5.36. The van der Waals surface area contributed by atoms with E-state index < -0.39 is 0 Å². The minimum Gasteiger partial charge on any atom is -0.278 e. The van der Waals surface area contributed by atoms with Gasteiger partial charge in [-0.05, 0) is 41.5 Å². The van der Waals surface area contributed by atoms with Crippen molar-refractivity contribution in [1.29, 1.82) is 0 Å². The zero-order valence-corrected chi connectivity index (χ0v) is 20.9. The normalized spacial score (nSPS) is 11.5. The molecule has 0 atom stereocenters. The van der Waals surface area contributed by atoms with Crippen LogP contribution in [0, 0.1) is 0 Å². The number of hydrogen-bond acceptors (Lipinski definition) is 2. The molecule has 0 saturated heterocycles. The molecule has 36 heavy (non-hydrogen) atoms. The maximum atomic E-state index is 5.18. The largest absolute Gasteiger partial charge is 0.278 e. The van der Waals surface area contributed by atoms with Gasteiger partial charge in [-0.2, -0.15) is 0 Å². The van der Waals surface area contributed by atoms with E-state index in [1.165, 1.54) is 21.9 Å². The van der Waals surface area contributed by atoms with Crippen LogP contribution in [0.2, 0.25) is 0 Å². The molecule has 170 valence electrons. The molecular weight excluding hydrogens is 506 g/mol. The summed E-state index contributed by atoms with van der Waals surface area (Å²) in [7, 11) is 0. The molecule has 0 fully saturated rings. The second kappa shape index (κ2) is 8.43. The Labute approximate surface area is 216 Å². The summed E-state index contributed by atoms with van der Waals surface area (Å²) in [5, 5.41) is 3.39. The van der Waals surface area contributed by atoms with Gasteiger partial charge < -0.3 is 0 Å². The van der Waals surface area contributed by atoms with Gasteiger partial charge in [0.05, 0.1) is 22.2 Å². The Kier molecular flexibility index (Phi) is 4.93. The van der Waals surface area contributed by atoms with E-state index in [1.54, 1.807) is 0 Å². The summed E-state index contributed by atoms with van der Waals surface area (Å²) >= 11 is 3.64. The van der Waals surface area contributed by atoms with Gasteiger partial charge in [0.15, 0.2) is 0 Å². The number of halogens is 1. The SMILES string of the molecule is Brc1ccc2c(c1)c1ccccc1n2-c1nc(-c2ccc(-c3ccccc3)cc2)c2ccccc2n1. The van der Waals surface area contributed by atoms with Crippen molar-refractivity contribution in [3.8, 4) is 28.3 Å². The lowest BCUT2D eigenvalue weighted by Gasteiger charge is -2.12. The molecule has 0 aliphatic carbocycles. The zero-order chi connectivity index (χ0) is 24.1. The fourth-order valence-electron chi connectivity index (χ4n) is 5.00. The highest BCUT2D eigenvalue weighted by Crippen LogP contribution is 2.35. The highest BCUT2D eigenvalue weighted by atomic mass is 79.9. The average molecular weight is 526 g/mol. The third kappa shape index (κ3) is 3.42. The summed E-state index contributed by atoms with van der Waals surface area (Å²) in [5.41, 5.74) is 7.48. The van der Waals surface area contributed by atoms with Crippen LogP contribution in [0.1, 0.15) is 0 Å². The molecule has 0 aliphatic rings. The molecule has 2 heterocycles. The van der Waals surface area contributed by atoms with E-state index >= 15 is 0 Å². The molecule has 7 aromatic rings. The second-order valence-electron chi connectivity index (χ2n) is 8.85. The lowest BCUT2D eigenvalue weighted by atomic mass is 10.0. The standard InChI is InChI=1S/C32H20BrN3/c33-24-18-19-30-27(20-24)25-10-5-7-13-29(25)36(30)32-34-28-12-6-4-11-26(28)31(35-32)23-16-14-22(15-17-23)21-8-2-1-3-9-21/h1-20H. The Morgan fingerprint density at radius 1 is 0.500 bits per heavy atom. The molecule has 0 aliphatic heterocycles. The molecule has 7 rings (SSSR count). The number of aromatic nitrogens is 3. The summed E-state index contributed by atoms with van der Waals surface area (Å²) in [4.78, 5) is 10.2. The van der Waals surface area contributed by atoms with Gasteiger partial charge >= 0.3 is 0 Å². The van der Waals surface area contributed by atoms with Gasteiger partial charge in [0.2, 0.25) is 5.95 Å². The molecule has 4 heteroatoms. The third-order valence-corrected chi connectivity index (χ3v) is 7.18. The second-order valence-corrected chi connectivity index (χ2v) is 9.76. The van der Waals surface area contributed by atoms with Crippen molar-refractivity contribution in [3.05, 3.63) is 126 Å². The van der Waals surface area contributed by atoms with E-state index in [0.29, 0.717) is 5.95 Å². The number of rotatable bonds is 3. The zero-order valence-electron chi connectivity index (χ0n) is 19.3. The smallest absolute Gasteiger partial charge is 0.235 e. The van der Waals surface area contributed by atoms with E-state index in [4.69, 9.17) is 9.97 Å². The molecule has 0 amide bonds. The Bertz CT molecular complexity index is 1890. The van der Waals surface area contributed by atoms with Gasteiger partial charge in [-0.25, -0.2) is 9.97 Å². The summed E-state index contributed by atoms with van der Waals surface area (Å²) in [6.45, 7) is 0. The number of benzene rings is 5. The molecule has 0 unspecified atom stereocenters. The van der Waals surface area contributed by atoms with E-state index in [1.807, 2.05) is 18.2 Å². The first kappa shape index (κ1) is 21.0. The van der Waals surface area contributed by atoms with Crippen molar-refractivity contribution in [2.45, 2.75) is 0 Å². The van der Waals surface area contributed by atoms with Crippen molar-refractivity contribution >= 4 is 48.6 Å². The molecule has 0 bridgehead atoms. The first-order valence-electron chi connectivity index (χ1n) is 11.9. The topological polar surface area (TPSA) is 30.7 Å². The summed E-state index contributed by atoms with van der Waals surface area (Å²) in [6, 6.07) is 42.1. The van der Waals surface area contributed by atoms with E-state index in [-0.39, 0.29) is 0 Å². The number of hydrogen-bond donors (Lipinski definition) is 0.